The van der Waals surface area contributed by atoms with E-state index in [9.17, 15) is 9.59 Å². The minimum atomic E-state index is -0.657. The number of methoxy groups -OCH3 is 2. The molecule has 1 aliphatic heterocycles. The quantitative estimate of drug-likeness (QED) is 0.884. The van der Waals surface area contributed by atoms with E-state index in [1.54, 1.807) is 13.1 Å². The van der Waals surface area contributed by atoms with Crippen molar-refractivity contribution in [2.75, 3.05) is 26.2 Å². The van der Waals surface area contributed by atoms with E-state index in [1.165, 1.54) is 25.2 Å². The fourth-order valence-corrected chi connectivity index (χ4v) is 2.83. The summed E-state index contributed by atoms with van der Waals surface area (Å²) in [6.45, 7) is 0. The third kappa shape index (κ3) is 2.98. The van der Waals surface area contributed by atoms with Crippen LogP contribution in [-0.2, 0) is 11.2 Å². The lowest BCUT2D eigenvalue weighted by Gasteiger charge is -2.23. The molecule has 0 fully saturated rings. The molecule has 1 aromatic heterocycles. The molecule has 0 bridgehead atoms. The van der Waals surface area contributed by atoms with Crippen molar-refractivity contribution in [3.63, 3.8) is 0 Å². The smallest absolute Gasteiger partial charge is 0.297 e. The Balaban J connectivity index is 2.05. The topological polar surface area (TPSA) is 93.7 Å². The van der Waals surface area contributed by atoms with Gasteiger partial charge in [-0.05, 0) is 11.6 Å². The Morgan fingerprint density at radius 1 is 1.16 bits per heavy atom. The zero-order chi connectivity index (χ0) is 18.0. The SMILES string of the molecule is CNC(=O)C1Cc2ccccc2N1C(=O)c1nc(OC)cc(OC)n1. The number of para-hydroxylation sites is 1. The fourth-order valence-electron chi connectivity index (χ4n) is 2.83. The molecular weight excluding hydrogens is 324 g/mol. The van der Waals surface area contributed by atoms with Crippen LogP contribution in [0.25, 0.3) is 0 Å². The average Bonchev–Trinajstić information content (AvgIpc) is 3.05. The van der Waals surface area contributed by atoms with Crippen LogP contribution >= 0.6 is 0 Å². The van der Waals surface area contributed by atoms with Gasteiger partial charge < -0.3 is 14.8 Å². The molecule has 2 amide bonds. The van der Waals surface area contributed by atoms with Gasteiger partial charge in [0.15, 0.2) is 0 Å². The molecule has 1 aromatic carbocycles. The Kier molecular flexibility index (Phi) is 4.51. The van der Waals surface area contributed by atoms with Gasteiger partial charge in [0.05, 0.1) is 20.3 Å². The third-order valence-corrected chi connectivity index (χ3v) is 4.03. The first kappa shape index (κ1) is 16.7. The maximum absolute atomic E-state index is 13.1. The molecule has 0 radical (unpaired) electrons. The molecule has 3 rings (SSSR count). The normalized spacial score (nSPS) is 15.5. The number of aromatic nitrogens is 2. The average molecular weight is 342 g/mol. The summed E-state index contributed by atoms with van der Waals surface area (Å²) in [5.41, 5.74) is 1.59. The van der Waals surface area contributed by atoms with Crippen molar-refractivity contribution in [2.45, 2.75) is 12.5 Å². The van der Waals surface area contributed by atoms with Crippen LogP contribution in [0.5, 0.6) is 11.8 Å². The molecule has 1 atom stereocenters. The minimum absolute atomic E-state index is 0.0955. The Hall–Kier alpha value is -3.16. The molecule has 0 aliphatic carbocycles. The third-order valence-electron chi connectivity index (χ3n) is 4.03. The number of nitrogens with one attached hydrogen (secondary N) is 1. The van der Waals surface area contributed by atoms with Crippen molar-refractivity contribution < 1.29 is 19.1 Å². The summed E-state index contributed by atoms with van der Waals surface area (Å²) < 4.78 is 10.2. The van der Waals surface area contributed by atoms with Crippen molar-refractivity contribution in [1.29, 1.82) is 0 Å². The number of hydrogen-bond acceptors (Lipinski definition) is 6. The molecule has 8 nitrogen and oxygen atoms in total. The molecule has 25 heavy (non-hydrogen) atoms. The molecule has 0 spiro atoms. The number of hydrogen-bond donors (Lipinski definition) is 1. The second-order valence-corrected chi connectivity index (χ2v) is 5.41. The van der Waals surface area contributed by atoms with E-state index in [0.717, 1.165) is 5.56 Å². The van der Waals surface area contributed by atoms with Crippen molar-refractivity contribution >= 4 is 17.5 Å². The van der Waals surface area contributed by atoms with Gasteiger partial charge in [-0.25, -0.2) is 0 Å². The van der Waals surface area contributed by atoms with Crippen molar-refractivity contribution in [3.8, 4) is 11.8 Å². The highest BCUT2D eigenvalue weighted by atomic mass is 16.5. The number of anilines is 1. The van der Waals surface area contributed by atoms with E-state index in [4.69, 9.17) is 9.47 Å². The largest absolute Gasteiger partial charge is 0.481 e. The van der Waals surface area contributed by atoms with Gasteiger partial charge in [0.2, 0.25) is 23.5 Å². The first-order valence-electron chi connectivity index (χ1n) is 7.69. The van der Waals surface area contributed by atoms with Gasteiger partial charge in [0, 0.05) is 19.2 Å². The highest BCUT2D eigenvalue weighted by Gasteiger charge is 2.39. The number of carbonyl (C=O) groups excluding carboxylic acids is 2. The molecule has 1 unspecified atom stereocenters. The molecule has 2 aromatic rings. The van der Waals surface area contributed by atoms with Gasteiger partial charge in [-0.3, -0.25) is 14.5 Å². The van der Waals surface area contributed by atoms with E-state index in [0.29, 0.717) is 12.1 Å². The van der Waals surface area contributed by atoms with Gasteiger partial charge in [0.1, 0.15) is 6.04 Å². The number of nitrogens with zero attached hydrogens (tertiary/aromatic N) is 3. The van der Waals surface area contributed by atoms with E-state index in [1.807, 2.05) is 18.2 Å². The maximum atomic E-state index is 13.1. The van der Waals surface area contributed by atoms with Crippen LogP contribution in [0, 0.1) is 0 Å². The molecule has 1 aliphatic rings. The number of ether oxygens (including phenoxy) is 2. The molecule has 0 saturated carbocycles. The van der Waals surface area contributed by atoms with Crippen molar-refractivity contribution in [1.82, 2.24) is 15.3 Å². The lowest BCUT2D eigenvalue weighted by atomic mass is 10.1. The predicted molar refractivity (Wildman–Crippen MR) is 89.9 cm³/mol. The van der Waals surface area contributed by atoms with Crippen LogP contribution in [0.3, 0.4) is 0 Å². The van der Waals surface area contributed by atoms with Gasteiger partial charge >= 0.3 is 0 Å². The standard InChI is InChI=1S/C17H18N4O4/c1-18-16(22)12-8-10-6-4-5-7-11(10)21(12)17(23)15-19-13(24-2)9-14(20-15)25-3/h4-7,9,12H,8H2,1-3H3,(H,18,22). The summed E-state index contributed by atoms with van der Waals surface area (Å²) in [6.07, 6.45) is 0.433. The zero-order valence-electron chi connectivity index (χ0n) is 14.1. The summed E-state index contributed by atoms with van der Waals surface area (Å²) in [7, 11) is 4.42. The summed E-state index contributed by atoms with van der Waals surface area (Å²) in [5.74, 6) is -0.421. The van der Waals surface area contributed by atoms with Crippen LogP contribution in [0.2, 0.25) is 0 Å². The number of likely N-dealkylation sites (N-methyl/N-ethyl adjacent to an activating group) is 1. The van der Waals surface area contributed by atoms with E-state index in [-0.39, 0.29) is 23.5 Å². The monoisotopic (exact) mass is 342 g/mol. The van der Waals surface area contributed by atoms with Crippen LogP contribution < -0.4 is 19.7 Å². The predicted octanol–water partition coefficient (Wildman–Crippen LogP) is 0.811. The summed E-state index contributed by atoms with van der Waals surface area (Å²) in [6, 6.07) is 8.21. The highest BCUT2D eigenvalue weighted by Crippen LogP contribution is 2.33. The number of benzene rings is 1. The molecule has 8 heteroatoms. The fraction of sp³-hybridized carbons (Fsp3) is 0.294. The van der Waals surface area contributed by atoms with Crippen molar-refractivity contribution in [3.05, 3.63) is 41.7 Å². The van der Waals surface area contributed by atoms with E-state index >= 15 is 0 Å². The zero-order valence-corrected chi connectivity index (χ0v) is 14.1. The van der Waals surface area contributed by atoms with E-state index < -0.39 is 11.9 Å². The second kappa shape index (κ2) is 6.76. The van der Waals surface area contributed by atoms with E-state index in [2.05, 4.69) is 15.3 Å². The first-order valence-corrected chi connectivity index (χ1v) is 7.69. The minimum Gasteiger partial charge on any atom is -0.481 e. The summed E-state index contributed by atoms with van der Waals surface area (Å²) >= 11 is 0. The Morgan fingerprint density at radius 2 is 1.80 bits per heavy atom. The molecule has 0 saturated heterocycles. The van der Waals surface area contributed by atoms with Crippen LogP contribution in [0.1, 0.15) is 16.2 Å². The molecular formula is C17H18N4O4. The lowest BCUT2D eigenvalue weighted by molar-refractivity contribution is -0.121. The van der Waals surface area contributed by atoms with Gasteiger partial charge in [-0.1, -0.05) is 18.2 Å². The molecule has 130 valence electrons. The molecule has 2 heterocycles. The van der Waals surface area contributed by atoms with Gasteiger partial charge in [0.25, 0.3) is 5.91 Å². The number of amides is 2. The lowest BCUT2D eigenvalue weighted by Crippen LogP contribution is -2.47. The Bertz CT molecular complexity index is 802. The number of carbonyl (C=O) groups is 2. The van der Waals surface area contributed by atoms with Crippen LogP contribution in [-0.4, -0.2) is 49.1 Å². The van der Waals surface area contributed by atoms with Crippen molar-refractivity contribution in [2.24, 2.45) is 0 Å². The molecule has 1 N–H and O–H groups in total. The summed E-state index contributed by atoms with van der Waals surface area (Å²) in [5, 5.41) is 2.60. The second-order valence-electron chi connectivity index (χ2n) is 5.41. The Labute approximate surface area is 144 Å². The first-order chi connectivity index (χ1) is 12.1. The Morgan fingerprint density at radius 3 is 2.40 bits per heavy atom. The number of fused-ring (bicyclic) bond motifs is 1. The van der Waals surface area contributed by atoms with Gasteiger partial charge in [-0.15, -0.1) is 0 Å². The van der Waals surface area contributed by atoms with Crippen LogP contribution in [0.4, 0.5) is 5.69 Å². The maximum Gasteiger partial charge on any atom is 0.297 e. The summed E-state index contributed by atoms with van der Waals surface area (Å²) in [4.78, 5) is 35.0. The van der Waals surface area contributed by atoms with Gasteiger partial charge in [-0.2, -0.15) is 9.97 Å². The highest BCUT2D eigenvalue weighted by molar-refractivity contribution is 6.09. The van der Waals surface area contributed by atoms with Crippen LogP contribution in [0.15, 0.2) is 30.3 Å². The number of rotatable bonds is 4.